The fourth-order valence-corrected chi connectivity index (χ4v) is 4.52. The van der Waals surface area contributed by atoms with Gasteiger partial charge in [-0.15, -0.1) is 10.2 Å². The SMILES string of the molecule is Cc1ccc(-n2nccn2)c(C(=O)N2CCC[C@@H](C)[C@H]2CNc2nnc(C(F)(F)F)s2)c1. The standard InChI is InChI=1S/C20H22F3N7OS/c1-12-5-6-15(30-25-7-8-26-30)14(10-12)17(31)29-9-3-4-13(2)16(29)11-24-19-28-27-18(32-19)20(21,22)23/h5-8,10,13,16H,3-4,9,11H2,1-2H3,(H,24,28)/t13-,16-/m1/s1. The van der Waals surface area contributed by atoms with Crippen molar-refractivity contribution in [2.45, 2.75) is 38.9 Å². The lowest BCUT2D eigenvalue weighted by Gasteiger charge is -2.40. The van der Waals surface area contributed by atoms with Crippen LogP contribution in [0, 0.1) is 12.8 Å². The molecule has 8 nitrogen and oxygen atoms in total. The number of aryl methyl sites for hydroxylation is 1. The molecular formula is C20H22F3N7OS. The lowest BCUT2D eigenvalue weighted by molar-refractivity contribution is -0.138. The van der Waals surface area contributed by atoms with Crippen LogP contribution in [0.4, 0.5) is 18.3 Å². The Morgan fingerprint density at radius 1 is 1.25 bits per heavy atom. The van der Waals surface area contributed by atoms with Gasteiger partial charge in [-0.1, -0.05) is 29.9 Å². The van der Waals surface area contributed by atoms with Crippen molar-refractivity contribution in [1.29, 1.82) is 0 Å². The van der Waals surface area contributed by atoms with Gasteiger partial charge in [0.05, 0.1) is 29.7 Å². The maximum Gasteiger partial charge on any atom is 0.445 e. The summed E-state index contributed by atoms with van der Waals surface area (Å²) in [5, 5.41) is 17.1. The van der Waals surface area contributed by atoms with Crippen LogP contribution in [0.1, 0.15) is 40.7 Å². The Morgan fingerprint density at radius 2 is 2.00 bits per heavy atom. The molecule has 170 valence electrons. The van der Waals surface area contributed by atoms with E-state index in [2.05, 4.69) is 25.7 Å². The molecule has 3 aromatic rings. The summed E-state index contributed by atoms with van der Waals surface area (Å²) in [7, 11) is 0. The van der Waals surface area contributed by atoms with E-state index in [1.54, 1.807) is 17.3 Å². The third kappa shape index (κ3) is 4.59. The van der Waals surface area contributed by atoms with Crippen LogP contribution >= 0.6 is 11.3 Å². The zero-order valence-corrected chi connectivity index (χ0v) is 18.3. The fraction of sp³-hybridized carbons (Fsp3) is 0.450. The van der Waals surface area contributed by atoms with Gasteiger partial charge in [0.1, 0.15) is 0 Å². The van der Waals surface area contributed by atoms with Crippen molar-refractivity contribution in [3.05, 3.63) is 46.7 Å². The number of rotatable bonds is 5. The third-order valence-corrected chi connectivity index (χ3v) is 6.45. The molecule has 4 rings (SSSR count). The molecule has 0 spiro atoms. The maximum atomic E-state index is 13.6. The molecule has 0 aliphatic carbocycles. The number of benzene rings is 1. The average molecular weight is 466 g/mol. The topological polar surface area (TPSA) is 88.8 Å². The highest BCUT2D eigenvalue weighted by atomic mass is 32.1. The van der Waals surface area contributed by atoms with Crippen molar-refractivity contribution in [2.24, 2.45) is 5.92 Å². The fourth-order valence-electron chi connectivity index (χ4n) is 3.90. The Kier molecular flexibility index (Phi) is 6.13. The van der Waals surface area contributed by atoms with E-state index in [0.717, 1.165) is 18.4 Å². The van der Waals surface area contributed by atoms with Gasteiger partial charge in [-0.3, -0.25) is 4.79 Å². The van der Waals surface area contributed by atoms with Crippen LogP contribution in [0.3, 0.4) is 0 Å². The van der Waals surface area contributed by atoms with Crippen molar-refractivity contribution < 1.29 is 18.0 Å². The molecule has 0 bridgehead atoms. The smallest absolute Gasteiger partial charge is 0.358 e. The number of nitrogens with one attached hydrogen (secondary N) is 1. The first kappa shape index (κ1) is 22.2. The van der Waals surface area contributed by atoms with E-state index in [1.165, 1.54) is 4.80 Å². The number of piperidine rings is 1. The highest BCUT2D eigenvalue weighted by Crippen LogP contribution is 2.33. The monoisotopic (exact) mass is 465 g/mol. The summed E-state index contributed by atoms with van der Waals surface area (Å²) in [6, 6.07) is 5.29. The number of aromatic nitrogens is 5. The van der Waals surface area contributed by atoms with E-state index in [9.17, 15) is 18.0 Å². The van der Waals surface area contributed by atoms with Crippen molar-refractivity contribution in [3.63, 3.8) is 0 Å². The number of carbonyl (C=O) groups is 1. The minimum Gasteiger partial charge on any atom is -0.358 e. The van der Waals surface area contributed by atoms with Gasteiger partial charge in [-0.2, -0.15) is 28.2 Å². The first-order valence-electron chi connectivity index (χ1n) is 10.2. The number of anilines is 1. The van der Waals surface area contributed by atoms with E-state index in [-0.39, 0.29) is 29.5 Å². The lowest BCUT2D eigenvalue weighted by atomic mass is 9.90. The molecule has 3 heterocycles. The summed E-state index contributed by atoms with van der Waals surface area (Å²) < 4.78 is 38.4. The first-order chi connectivity index (χ1) is 15.2. The van der Waals surface area contributed by atoms with Gasteiger partial charge < -0.3 is 10.2 Å². The van der Waals surface area contributed by atoms with Gasteiger partial charge in [0.2, 0.25) is 10.1 Å². The van der Waals surface area contributed by atoms with Crippen molar-refractivity contribution in [2.75, 3.05) is 18.4 Å². The number of alkyl halides is 3. The zero-order valence-electron chi connectivity index (χ0n) is 17.5. The Labute approximate surface area is 186 Å². The molecule has 0 saturated carbocycles. The van der Waals surface area contributed by atoms with Crippen molar-refractivity contribution >= 4 is 22.4 Å². The highest BCUT2D eigenvalue weighted by Gasteiger charge is 2.37. The molecule has 2 atom stereocenters. The summed E-state index contributed by atoms with van der Waals surface area (Å²) in [5.74, 6) is -0.00103. The van der Waals surface area contributed by atoms with E-state index in [1.807, 2.05) is 32.0 Å². The van der Waals surface area contributed by atoms with Gasteiger partial charge >= 0.3 is 6.18 Å². The Morgan fingerprint density at radius 3 is 2.69 bits per heavy atom. The summed E-state index contributed by atoms with van der Waals surface area (Å²) in [4.78, 5) is 16.8. The quantitative estimate of drug-likeness (QED) is 0.617. The van der Waals surface area contributed by atoms with Crippen LogP contribution in [0.25, 0.3) is 5.69 Å². The molecule has 1 amide bonds. The molecule has 1 aliphatic rings. The van der Waals surface area contributed by atoms with Gasteiger partial charge in [0, 0.05) is 13.1 Å². The first-order valence-corrected chi connectivity index (χ1v) is 11.0. The van der Waals surface area contributed by atoms with Crippen molar-refractivity contribution in [3.8, 4) is 5.69 Å². The number of nitrogens with zero attached hydrogens (tertiary/aromatic N) is 6. The minimum absolute atomic E-state index is 0.0829. The molecule has 1 fully saturated rings. The summed E-state index contributed by atoms with van der Waals surface area (Å²) in [5.41, 5.74) is 1.99. The summed E-state index contributed by atoms with van der Waals surface area (Å²) in [6.07, 6.45) is 0.324. The molecule has 1 saturated heterocycles. The molecule has 12 heteroatoms. The molecule has 0 unspecified atom stereocenters. The van der Waals surface area contributed by atoms with Gasteiger partial charge in [-0.25, -0.2) is 0 Å². The molecule has 1 aliphatic heterocycles. The molecule has 0 radical (unpaired) electrons. The van der Waals surface area contributed by atoms with Crippen molar-refractivity contribution in [1.82, 2.24) is 30.1 Å². The number of hydrogen-bond donors (Lipinski definition) is 1. The van der Waals surface area contributed by atoms with E-state index < -0.39 is 11.2 Å². The van der Waals surface area contributed by atoms with Crippen LogP contribution in [-0.4, -0.2) is 55.1 Å². The third-order valence-electron chi connectivity index (χ3n) is 5.52. The summed E-state index contributed by atoms with van der Waals surface area (Å²) >= 11 is 0.457. The minimum atomic E-state index is -4.53. The van der Waals surface area contributed by atoms with Crippen LogP contribution in [0.2, 0.25) is 0 Å². The number of hydrogen-bond acceptors (Lipinski definition) is 7. The zero-order chi connectivity index (χ0) is 22.9. The predicted molar refractivity (Wildman–Crippen MR) is 113 cm³/mol. The average Bonchev–Trinajstić information content (AvgIpc) is 3.44. The Balaban J connectivity index is 1.57. The number of carbonyl (C=O) groups excluding carboxylic acids is 1. The van der Waals surface area contributed by atoms with E-state index >= 15 is 0 Å². The van der Waals surface area contributed by atoms with Gasteiger partial charge in [0.15, 0.2) is 0 Å². The Bertz CT molecular complexity index is 1080. The summed E-state index contributed by atoms with van der Waals surface area (Å²) in [6.45, 7) is 4.78. The van der Waals surface area contributed by atoms with E-state index in [4.69, 9.17) is 0 Å². The lowest BCUT2D eigenvalue weighted by Crippen LogP contribution is -2.51. The second kappa shape index (κ2) is 8.85. The molecule has 1 N–H and O–H groups in total. The Hall–Kier alpha value is -3.02. The van der Waals surface area contributed by atoms with Gasteiger partial charge in [0.25, 0.3) is 5.91 Å². The highest BCUT2D eigenvalue weighted by molar-refractivity contribution is 7.15. The second-order valence-corrected chi connectivity index (χ2v) is 8.79. The predicted octanol–water partition coefficient (Wildman–Crippen LogP) is 3.80. The number of amides is 1. The molecular weight excluding hydrogens is 443 g/mol. The van der Waals surface area contributed by atoms with E-state index in [0.29, 0.717) is 29.1 Å². The van der Waals surface area contributed by atoms with Crippen LogP contribution in [0.5, 0.6) is 0 Å². The molecule has 32 heavy (non-hydrogen) atoms. The number of likely N-dealkylation sites (tertiary alicyclic amines) is 1. The largest absolute Gasteiger partial charge is 0.445 e. The number of halogens is 3. The molecule has 2 aromatic heterocycles. The normalized spacial score (nSPS) is 19.2. The van der Waals surface area contributed by atoms with Crippen LogP contribution < -0.4 is 5.32 Å². The molecule has 1 aromatic carbocycles. The van der Waals surface area contributed by atoms with Gasteiger partial charge in [-0.05, 0) is 37.8 Å². The maximum absolute atomic E-state index is 13.6. The van der Waals surface area contributed by atoms with Crippen LogP contribution in [0.15, 0.2) is 30.6 Å². The van der Waals surface area contributed by atoms with Crippen LogP contribution in [-0.2, 0) is 6.18 Å². The second-order valence-electron chi connectivity index (χ2n) is 7.82.